The predicted octanol–water partition coefficient (Wildman–Crippen LogP) is 3.64. The number of nitrogens with two attached hydrogens (primary N) is 1. The van der Waals surface area contributed by atoms with Gasteiger partial charge >= 0.3 is 6.29 Å². The first-order valence-electron chi connectivity index (χ1n) is 5.97. The Morgan fingerprint density at radius 1 is 1.10 bits per heavy atom. The van der Waals surface area contributed by atoms with Crippen molar-refractivity contribution in [3.05, 3.63) is 42.0 Å². The summed E-state index contributed by atoms with van der Waals surface area (Å²) in [4.78, 5) is 0. The molecule has 0 atom stereocenters. The first-order chi connectivity index (χ1) is 9.44. The van der Waals surface area contributed by atoms with Crippen molar-refractivity contribution >= 4 is 17.1 Å². The maximum atomic E-state index is 12.9. The topological polar surface area (TPSA) is 56.5 Å². The second-order valence-electron chi connectivity index (χ2n) is 4.47. The predicted molar refractivity (Wildman–Crippen MR) is 71.5 cm³/mol. The van der Waals surface area contributed by atoms with E-state index in [4.69, 9.17) is 5.73 Å². The number of hydrogen-bond donors (Lipinski definition) is 2. The molecule has 6 heteroatoms. The summed E-state index contributed by atoms with van der Waals surface area (Å²) >= 11 is 0. The molecule has 0 saturated heterocycles. The summed E-state index contributed by atoms with van der Waals surface area (Å²) in [7, 11) is 0. The Balaban J connectivity index is 1.89. The van der Waals surface area contributed by atoms with Crippen LogP contribution >= 0.6 is 0 Å². The highest BCUT2D eigenvalue weighted by Crippen LogP contribution is 2.42. The van der Waals surface area contributed by atoms with E-state index in [-0.39, 0.29) is 11.5 Å². The average Bonchev–Trinajstić information content (AvgIpc) is 2.68. The van der Waals surface area contributed by atoms with Gasteiger partial charge in [-0.2, -0.15) is 0 Å². The van der Waals surface area contributed by atoms with Crippen LogP contribution in [0.2, 0.25) is 0 Å². The van der Waals surface area contributed by atoms with Gasteiger partial charge in [0.2, 0.25) is 0 Å². The van der Waals surface area contributed by atoms with Crippen LogP contribution in [0.3, 0.4) is 0 Å². The molecule has 0 aromatic heterocycles. The van der Waals surface area contributed by atoms with Crippen molar-refractivity contribution in [2.24, 2.45) is 0 Å². The minimum absolute atomic E-state index is 0.00144. The molecule has 1 heterocycles. The Labute approximate surface area is 114 Å². The van der Waals surface area contributed by atoms with Crippen molar-refractivity contribution in [3.8, 4) is 11.5 Å². The number of ether oxygens (including phenoxy) is 2. The first-order valence-corrected chi connectivity index (χ1v) is 5.97. The normalized spacial score (nSPS) is 15.2. The van der Waals surface area contributed by atoms with Gasteiger partial charge in [-0.3, -0.25) is 0 Å². The summed E-state index contributed by atoms with van der Waals surface area (Å²) in [5, 5.41) is 3.11. The molecule has 2 aromatic carbocycles. The molecule has 0 aliphatic carbocycles. The second-order valence-corrected chi connectivity index (χ2v) is 4.47. The highest BCUT2D eigenvalue weighted by atomic mass is 19.3. The third-order valence-electron chi connectivity index (χ3n) is 3.06. The minimum atomic E-state index is -3.60. The Kier molecular flexibility index (Phi) is 2.67. The van der Waals surface area contributed by atoms with Crippen molar-refractivity contribution in [2.75, 3.05) is 11.1 Å². The first kappa shape index (κ1) is 12.5. The Morgan fingerprint density at radius 2 is 1.85 bits per heavy atom. The van der Waals surface area contributed by atoms with Crippen LogP contribution in [0.4, 0.5) is 25.8 Å². The fourth-order valence-corrected chi connectivity index (χ4v) is 1.97. The van der Waals surface area contributed by atoms with Gasteiger partial charge < -0.3 is 20.5 Å². The fraction of sp³-hybridized carbons (Fsp3) is 0.143. The van der Waals surface area contributed by atoms with Crippen LogP contribution in [0.5, 0.6) is 11.5 Å². The molecule has 104 valence electrons. The van der Waals surface area contributed by atoms with Gasteiger partial charge in [0.1, 0.15) is 0 Å². The molecule has 20 heavy (non-hydrogen) atoms. The zero-order chi connectivity index (χ0) is 14.3. The van der Waals surface area contributed by atoms with Crippen LogP contribution in [-0.2, 0) is 0 Å². The molecular formula is C14H12F2N2O2. The molecule has 0 amide bonds. The molecule has 3 N–H and O–H groups in total. The number of rotatable bonds is 2. The number of alkyl halides is 2. The molecule has 2 aromatic rings. The standard InChI is InChI=1S/C14H12F2N2O2/c1-8-10(17)3-2-4-11(8)18-9-5-6-12-13(7-9)20-14(15,16)19-12/h2-7,18H,17H2,1H3. The quantitative estimate of drug-likeness (QED) is 0.823. The van der Waals surface area contributed by atoms with E-state index < -0.39 is 6.29 Å². The Morgan fingerprint density at radius 3 is 2.65 bits per heavy atom. The number of nitrogens with one attached hydrogen (secondary N) is 1. The third kappa shape index (κ3) is 2.20. The lowest BCUT2D eigenvalue weighted by Crippen LogP contribution is -2.25. The zero-order valence-electron chi connectivity index (χ0n) is 10.6. The number of fused-ring (bicyclic) bond motifs is 1. The SMILES string of the molecule is Cc1c(N)cccc1Nc1ccc2c(c1)OC(F)(F)O2. The summed E-state index contributed by atoms with van der Waals surface area (Å²) in [6.07, 6.45) is -3.60. The van der Waals surface area contributed by atoms with Crippen molar-refractivity contribution in [3.63, 3.8) is 0 Å². The number of benzene rings is 2. The number of halogens is 2. The smallest absolute Gasteiger partial charge is 0.398 e. The van der Waals surface area contributed by atoms with E-state index in [1.54, 1.807) is 12.1 Å². The van der Waals surface area contributed by atoms with Gasteiger partial charge in [-0.05, 0) is 36.8 Å². The molecule has 0 radical (unpaired) electrons. The van der Waals surface area contributed by atoms with Crippen LogP contribution in [0, 0.1) is 6.92 Å². The third-order valence-corrected chi connectivity index (χ3v) is 3.06. The van der Waals surface area contributed by atoms with Crippen molar-refractivity contribution < 1.29 is 18.3 Å². The molecule has 0 bridgehead atoms. The maximum Gasteiger partial charge on any atom is 0.586 e. The number of hydrogen-bond acceptors (Lipinski definition) is 4. The monoisotopic (exact) mass is 278 g/mol. The molecule has 0 fully saturated rings. The summed E-state index contributed by atoms with van der Waals surface area (Å²) in [5.41, 5.74) is 8.77. The van der Waals surface area contributed by atoms with Crippen LogP contribution < -0.4 is 20.5 Å². The van der Waals surface area contributed by atoms with E-state index in [1.807, 2.05) is 19.1 Å². The highest BCUT2D eigenvalue weighted by Gasteiger charge is 2.43. The number of nitrogen functional groups attached to an aromatic ring is 1. The lowest BCUT2D eigenvalue weighted by Gasteiger charge is -2.11. The van der Waals surface area contributed by atoms with E-state index in [0.29, 0.717) is 11.4 Å². The van der Waals surface area contributed by atoms with E-state index >= 15 is 0 Å². The minimum Gasteiger partial charge on any atom is -0.398 e. The van der Waals surface area contributed by atoms with Crippen molar-refractivity contribution in [2.45, 2.75) is 13.2 Å². The maximum absolute atomic E-state index is 12.9. The lowest BCUT2D eigenvalue weighted by atomic mass is 10.1. The number of anilines is 3. The molecule has 4 nitrogen and oxygen atoms in total. The van der Waals surface area contributed by atoms with Crippen molar-refractivity contribution in [1.29, 1.82) is 0 Å². The van der Waals surface area contributed by atoms with E-state index in [2.05, 4.69) is 14.8 Å². The molecule has 3 rings (SSSR count). The van der Waals surface area contributed by atoms with Gasteiger partial charge in [-0.25, -0.2) is 0 Å². The van der Waals surface area contributed by atoms with E-state index in [1.165, 1.54) is 12.1 Å². The lowest BCUT2D eigenvalue weighted by molar-refractivity contribution is -0.286. The fourth-order valence-electron chi connectivity index (χ4n) is 1.97. The van der Waals surface area contributed by atoms with Gasteiger partial charge in [0, 0.05) is 23.1 Å². The zero-order valence-corrected chi connectivity index (χ0v) is 10.6. The van der Waals surface area contributed by atoms with Crippen LogP contribution in [0.15, 0.2) is 36.4 Å². The van der Waals surface area contributed by atoms with Gasteiger partial charge in [-0.15, -0.1) is 8.78 Å². The van der Waals surface area contributed by atoms with Gasteiger partial charge in [0.25, 0.3) is 0 Å². The van der Waals surface area contributed by atoms with E-state index in [0.717, 1.165) is 11.3 Å². The van der Waals surface area contributed by atoms with Gasteiger partial charge in [0.05, 0.1) is 0 Å². The molecular weight excluding hydrogens is 266 g/mol. The van der Waals surface area contributed by atoms with Crippen LogP contribution in [-0.4, -0.2) is 6.29 Å². The largest absolute Gasteiger partial charge is 0.586 e. The Hall–Kier alpha value is -2.50. The molecule has 1 aliphatic heterocycles. The van der Waals surface area contributed by atoms with Crippen LogP contribution in [0.1, 0.15) is 5.56 Å². The van der Waals surface area contributed by atoms with Gasteiger partial charge in [0.15, 0.2) is 11.5 Å². The van der Waals surface area contributed by atoms with E-state index in [9.17, 15) is 8.78 Å². The Bertz CT molecular complexity index is 674. The molecule has 0 spiro atoms. The second kappa shape index (κ2) is 4.26. The molecule has 1 aliphatic rings. The molecule has 0 unspecified atom stereocenters. The highest BCUT2D eigenvalue weighted by molar-refractivity contribution is 5.70. The molecule has 0 saturated carbocycles. The van der Waals surface area contributed by atoms with Crippen LogP contribution in [0.25, 0.3) is 0 Å². The summed E-state index contributed by atoms with van der Waals surface area (Å²) in [6.45, 7) is 1.87. The summed E-state index contributed by atoms with van der Waals surface area (Å²) < 4.78 is 34.6. The van der Waals surface area contributed by atoms with Gasteiger partial charge in [-0.1, -0.05) is 6.07 Å². The van der Waals surface area contributed by atoms with Crippen molar-refractivity contribution in [1.82, 2.24) is 0 Å². The summed E-state index contributed by atoms with van der Waals surface area (Å²) in [5.74, 6) is 0.0198. The summed E-state index contributed by atoms with van der Waals surface area (Å²) in [6, 6.07) is 9.97. The average molecular weight is 278 g/mol.